The Morgan fingerprint density at radius 2 is 2.11 bits per heavy atom. The number of aromatic nitrogens is 1. The Balaban J connectivity index is 1.94. The van der Waals surface area contributed by atoms with E-state index in [0.717, 1.165) is 27.8 Å². The van der Waals surface area contributed by atoms with Crippen molar-refractivity contribution in [3.63, 3.8) is 0 Å². The van der Waals surface area contributed by atoms with Crippen LogP contribution in [-0.4, -0.2) is 4.98 Å². The highest BCUT2D eigenvalue weighted by Gasteiger charge is 2.26. The lowest BCUT2D eigenvalue weighted by Gasteiger charge is -2.30. The lowest BCUT2D eigenvalue weighted by molar-refractivity contribution is 0.161. The Morgan fingerprint density at radius 3 is 2.94 bits per heavy atom. The minimum absolute atomic E-state index is 0.0129. The van der Waals surface area contributed by atoms with Gasteiger partial charge in [0.25, 0.3) is 0 Å². The molecule has 0 bridgehead atoms. The van der Waals surface area contributed by atoms with E-state index < -0.39 is 0 Å². The average molecular weight is 305 g/mol. The molecule has 0 fully saturated rings. The molecule has 0 aliphatic carbocycles. The molecule has 3 rings (SSSR count). The Labute approximate surface area is 114 Å². The minimum atomic E-state index is -0.0279. The number of pyridine rings is 1. The van der Waals surface area contributed by atoms with Gasteiger partial charge in [-0.15, -0.1) is 0 Å². The van der Waals surface area contributed by atoms with E-state index in [9.17, 15) is 0 Å². The highest BCUT2D eigenvalue weighted by molar-refractivity contribution is 9.10. The first-order chi connectivity index (χ1) is 8.74. The molecule has 2 atom stereocenters. The van der Waals surface area contributed by atoms with Crippen LogP contribution in [0, 0.1) is 0 Å². The van der Waals surface area contributed by atoms with E-state index in [1.165, 1.54) is 0 Å². The zero-order valence-electron chi connectivity index (χ0n) is 9.71. The number of ether oxygens (including phenoxy) is 1. The first kappa shape index (κ1) is 11.7. The van der Waals surface area contributed by atoms with Crippen molar-refractivity contribution < 1.29 is 4.74 Å². The summed E-state index contributed by atoms with van der Waals surface area (Å²) in [6.07, 6.45) is 4.34. The summed E-state index contributed by atoms with van der Waals surface area (Å²) in [5, 5.41) is 0. The van der Waals surface area contributed by atoms with Crippen LogP contribution in [0.3, 0.4) is 0 Å². The summed E-state index contributed by atoms with van der Waals surface area (Å²) in [5.74, 6) is 0.876. The molecule has 0 spiro atoms. The number of benzene rings is 1. The van der Waals surface area contributed by atoms with Gasteiger partial charge in [-0.25, -0.2) is 0 Å². The van der Waals surface area contributed by atoms with Gasteiger partial charge in [-0.2, -0.15) is 0 Å². The predicted octanol–water partition coefficient (Wildman–Crippen LogP) is 3.37. The normalized spacial score (nSPS) is 22.1. The minimum Gasteiger partial charge on any atom is -0.485 e. The van der Waals surface area contributed by atoms with Crippen LogP contribution in [0.2, 0.25) is 0 Å². The summed E-state index contributed by atoms with van der Waals surface area (Å²) < 4.78 is 6.96. The van der Waals surface area contributed by atoms with E-state index >= 15 is 0 Å². The van der Waals surface area contributed by atoms with E-state index in [0.29, 0.717) is 0 Å². The van der Waals surface area contributed by atoms with Crippen LogP contribution in [-0.2, 0) is 0 Å². The zero-order valence-corrected chi connectivity index (χ0v) is 11.3. The molecule has 2 aromatic rings. The van der Waals surface area contributed by atoms with Crippen molar-refractivity contribution in [3.8, 4) is 5.75 Å². The third kappa shape index (κ3) is 2.13. The third-order valence-corrected chi connectivity index (χ3v) is 3.59. The summed E-state index contributed by atoms with van der Waals surface area (Å²) in [5.41, 5.74) is 8.33. The van der Waals surface area contributed by atoms with Gasteiger partial charge in [-0.3, -0.25) is 4.98 Å². The van der Waals surface area contributed by atoms with Crippen molar-refractivity contribution in [2.45, 2.75) is 18.6 Å². The van der Waals surface area contributed by atoms with Gasteiger partial charge in [0, 0.05) is 40.5 Å². The van der Waals surface area contributed by atoms with E-state index in [1.54, 1.807) is 6.20 Å². The number of hydrogen-bond acceptors (Lipinski definition) is 3. The summed E-state index contributed by atoms with van der Waals surface area (Å²) >= 11 is 3.43. The molecule has 4 heteroatoms. The van der Waals surface area contributed by atoms with Gasteiger partial charge >= 0.3 is 0 Å². The maximum absolute atomic E-state index is 6.20. The lowest BCUT2D eigenvalue weighted by Crippen LogP contribution is -2.24. The largest absolute Gasteiger partial charge is 0.485 e. The van der Waals surface area contributed by atoms with Crippen LogP contribution in [0.15, 0.2) is 47.2 Å². The van der Waals surface area contributed by atoms with Gasteiger partial charge < -0.3 is 10.5 Å². The van der Waals surface area contributed by atoms with Crippen LogP contribution in [0.4, 0.5) is 0 Å². The van der Waals surface area contributed by atoms with Crippen LogP contribution in [0.25, 0.3) is 0 Å². The molecule has 1 aliphatic heterocycles. The number of halogens is 1. The monoisotopic (exact) mass is 304 g/mol. The first-order valence-electron chi connectivity index (χ1n) is 5.85. The van der Waals surface area contributed by atoms with Crippen molar-refractivity contribution in [2.75, 3.05) is 0 Å². The second-order valence-corrected chi connectivity index (χ2v) is 5.34. The fraction of sp³-hybridized carbons (Fsp3) is 0.214. The van der Waals surface area contributed by atoms with E-state index in [4.69, 9.17) is 10.5 Å². The molecule has 2 unspecified atom stereocenters. The number of nitrogens with two attached hydrogens (primary N) is 1. The molecule has 92 valence electrons. The van der Waals surface area contributed by atoms with Gasteiger partial charge in [-0.1, -0.05) is 18.2 Å². The zero-order chi connectivity index (χ0) is 12.5. The van der Waals surface area contributed by atoms with Crippen molar-refractivity contribution in [3.05, 3.63) is 58.3 Å². The van der Waals surface area contributed by atoms with Crippen molar-refractivity contribution in [1.29, 1.82) is 0 Å². The molecule has 0 radical (unpaired) electrons. The molecule has 2 heterocycles. The van der Waals surface area contributed by atoms with Crippen molar-refractivity contribution in [1.82, 2.24) is 4.98 Å². The van der Waals surface area contributed by atoms with Gasteiger partial charge in [0.15, 0.2) is 0 Å². The van der Waals surface area contributed by atoms with Gasteiger partial charge in [0.2, 0.25) is 0 Å². The fourth-order valence-corrected chi connectivity index (χ4v) is 2.64. The third-order valence-electron chi connectivity index (χ3n) is 3.15. The second-order valence-electron chi connectivity index (χ2n) is 4.42. The van der Waals surface area contributed by atoms with Crippen LogP contribution in [0.1, 0.15) is 29.7 Å². The Bertz CT molecular complexity index is 573. The fourth-order valence-electron chi connectivity index (χ4n) is 2.26. The summed E-state index contributed by atoms with van der Waals surface area (Å²) in [4.78, 5) is 4.17. The van der Waals surface area contributed by atoms with E-state index in [-0.39, 0.29) is 12.1 Å². The average Bonchev–Trinajstić information content (AvgIpc) is 2.39. The standard InChI is InChI=1S/C14H13BrN2O/c15-10-5-9(7-17-8-10)14-6-12(16)11-3-1-2-4-13(11)18-14/h1-5,7-8,12,14H,6,16H2. The van der Waals surface area contributed by atoms with E-state index in [2.05, 4.69) is 20.9 Å². The van der Waals surface area contributed by atoms with E-state index in [1.807, 2.05) is 36.5 Å². The molecule has 1 aromatic heterocycles. The van der Waals surface area contributed by atoms with Gasteiger partial charge in [0.1, 0.15) is 11.9 Å². The summed E-state index contributed by atoms with van der Waals surface area (Å²) in [6.45, 7) is 0. The lowest BCUT2D eigenvalue weighted by atomic mass is 9.94. The molecule has 0 saturated heterocycles. The SMILES string of the molecule is NC1CC(c2cncc(Br)c2)Oc2ccccc21. The van der Waals surface area contributed by atoms with Crippen LogP contribution >= 0.6 is 15.9 Å². The molecular weight excluding hydrogens is 292 g/mol. The number of para-hydroxylation sites is 1. The number of rotatable bonds is 1. The van der Waals surface area contributed by atoms with Crippen molar-refractivity contribution >= 4 is 15.9 Å². The molecule has 3 nitrogen and oxygen atoms in total. The first-order valence-corrected chi connectivity index (χ1v) is 6.65. The molecule has 18 heavy (non-hydrogen) atoms. The molecule has 2 N–H and O–H groups in total. The predicted molar refractivity (Wildman–Crippen MR) is 73.3 cm³/mol. The summed E-state index contributed by atoms with van der Waals surface area (Å²) in [6, 6.07) is 9.98. The highest BCUT2D eigenvalue weighted by Crippen LogP contribution is 2.39. The second kappa shape index (κ2) is 4.71. The maximum atomic E-state index is 6.20. The Hall–Kier alpha value is -1.39. The summed E-state index contributed by atoms with van der Waals surface area (Å²) in [7, 11) is 0. The van der Waals surface area contributed by atoms with Crippen LogP contribution < -0.4 is 10.5 Å². The molecular formula is C14H13BrN2O. The quantitative estimate of drug-likeness (QED) is 0.879. The number of hydrogen-bond donors (Lipinski definition) is 1. The molecule has 0 amide bonds. The molecule has 1 aromatic carbocycles. The van der Waals surface area contributed by atoms with Crippen LogP contribution in [0.5, 0.6) is 5.75 Å². The van der Waals surface area contributed by atoms with Gasteiger partial charge in [0.05, 0.1) is 0 Å². The Morgan fingerprint density at radius 1 is 1.28 bits per heavy atom. The maximum Gasteiger partial charge on any atom is 0.127 e. The van der Waals surface area contributed by atoms with Crippen molar-refractivity contribution in [2.24, 2.45) is 5.73 Å². The topological polar surface area (TPSA) is 48.1 Å². The highest BCUT2D eigenvalue weighted by atomic mass is 79.9. The number of fused-ring (bicyclic) bond motifs is 1. The molecule has 0 saturated carbocycles. The number of nitrogens with zero attached hydrogens (tertiary/aromatic N) is 1. The Kier molecular flexibility index (Phi) is 3.06. The smallest absolute Gasteiger partial charge is 0.127 e. The molecule has 1 aliphatic rings. The van der Waals surface area contributed by atoms with Gasteiger partial charge in [-0.05, 0) is 28.1 Å².